The lowest BCUT2D eigenvalue weighted by atomic mass is 10.0. The van der Waals surface area contributed by atoms with Crippen LogP contribution in [0, 0.1) is 6.92 Å². The van der Waals surface area contributed by atoms with Crippen LogP contribution in [0.3, 0.4) is 0 Å². The average Bonchev–Trinajstić information content (AvgIpc) is 2.19. The van der Waals surface area contributed by atoms with E-state index in [0.717, 1.165) is 10.0 Å². The lowest BCUT2D eigenvalue weighted by Gasteiger charge is -2.20. The minimum atomic E-state index is -0.728. The zero-order valence-electron chi connectivity index (χ0n) is 9.12. The molecule has 0 aromatic heterocycles. The van der Waals surface area contributed by atoms with E-state index in [1.54, 1.807) is 14.0 Å². The molecule has 4 heteroatoms. The van der Waals surface area contributed by atoms with E-state index in [4.69, 9.17) is 10.5 Å². The third-order valence-corrected chi connectivity index (χ3v) is 3.03. The molecule has 3 N–H and O–H groups in total. The molecule has 3 nitrogen and oxygen atoms in total. The Balaban J connectivity index is 3.30. The van der Waals surface area contributed by atoms with Crippen LogP contribution in [0.1, 0.15) is 24.2 Å². The number of hydrogen-bond acceptors (Lipinski definition) is 3. The van der Waals surface area contributed by atoms with Gasteiger partial charge < -0.3 is 15.6 Å². The topological polar surface area (TPSA) is 55.5 Å². The zero-order chi connectivity index (χ0) is 11.6. The number of methoxy groups -OCH3 is 1. The monoisotopic (exact) mass is 273 g/mol. The van der Waals surface area contributed by atoms with Gasteiger partial charge in [0.15, 0.2) is 0 Å². The van der Waals surface area contributed by atoms with E-state index >= 15 is 0 Å². The lowest BCUT2D eigenvalue weighted by molar-refractivity contribution is 0.148. The van der Waals surface area contributed by atoms with Gasteiger partial charge in [0.25, 0.3) is 0 Å². The van der Waals surface area contributed by atoms with Gasteiger partial charge in [0.2, 0.25) is 0 Å². The van der Waals surface area contributed by atoms with Crippen molar-refractivity contribution in [3.63, 3.8) is 0 Å². The van der Waals surface area contributed by atoms with E-state index in [2.05, 4.69) is 15.9 Å². The van der Waals surface area contributed by atoms with Crippen LogP contribution in [-0.2, 0) is 0 Å². The highest BCUT2D eigenvalue weighted by molar-refractivity contribution is 9.10. The van der Waals surface area contributed by atoms with Crippen LogP contribution in [0.4, 0.5) is 0 Å². The van der Waals surface area contributed by atoms with Gasteiger partial charge in [-0.25, -0.2) is 0 Å². The van der Waals surface area contributed by atoms with E-state index in [0.29, 0.717) is 11.3 Å². The van der Waals surface area contributed by atoms with Crippen molar-refractivity contribution in [2.75, 3.05) is 7.11 Å². The highest BCUT2D eigenvalue weighted by Crippen LogP contribution is 2.35. The molecular formula is C11H16BrNO2. The number of aliphatic hydroxyl groups excluding tert-OH is 1. The van der Waals surface area contributed by atoms with Crippen molar-refractivity contribution in [2.24, 2.45) is 5.73 Å². The molecule has 0 fully saturated rings. The summed E-state index contributed by atoms with van der Waals surface area (Å²) in [6, 6.07) is 3.48. The average molecular weight is 274 g/mol. The first kappa shape index (κ1) is 12.5. The Morgan fingerprint density at radius 2 is 2.07 bits per heavy atom. The molecule has 2 unspecified atom stereocenters. The van der Waals surface area contributed by atoms with E-state index in [-0.39, 0.29) is 6.04 Å². The zero-order valence-corrected chi connectivity index (χ0v) is 10.7. The molecule has 1 aromatic rings. The quantitative estimate of drug-likeness (QED) is 0.888. The number of aryl methyl sites for hydroxylation is 1. The first-order valence-electron chi connectivity index (χ1n) is 4.75. The third-order valence-electron chi connectivity index (χ3n) is 2.34. The second-order valence-corrected chi connectivity index (χ2v) is 4.47. The van der Waals surface area contributed by atoms with E-state index in [1.165, 1.54) is 0 Å². The summed E-state index contributed by atoms with van der Waals surface area (Å²) >= 11 is 3.40. The molecule has 0 saturated carbocycles. The Bertz CT molecular complexity index is 353. The summed E-state index contributed by atoms with van der Waals surface area (Å²) in [5.41, 5.74) is 7.38. The number of aliphatic hydroxyl groups is 1. The van der Waals surface area contributed by atoms with Crippen LogP contribution in [0.2, 0.25) is 0 Å². The van der Waals surface area contributed by atoms with Gasteiger partial charge in [-0.1, -0.05) is 22.0 Å². The molecule has 2 atom stereocenters. The number of benzene rings is 1. The summed E-state index contributed by atoms with van der Waals surface area (Å²) in [4.78, 5) is 0. The maximum absolute atomic E-state index is 9.98. The van der Waals surface area contributed by atoms with Crippen LogP contribution in [-0.4, -0.2) is 18.3 Å². The lowest BCUT2D eigenvalue weighted by Crippen LogP contribution is -2.25. The molecule has 84 valence electrons. The van der Waals surface area contributed by atoms with Gasteiger partial charge in [-0.2, -0.15) is 0 Å². The summed E-state index contributed by atoms with van der Waals surface area (Å²) in [6.45, 7) is 3.70. The Morgan fingerprint density at radius 1 is 1.47 bits per heavy atom. The van der Waals surface area contributed by atoms with Gasteiger partial charge in [0, 0.05) is 16.1 Å². The van der Waals surface area contributed by atoms with Crippen molar-refractivity contribution in [3.8, 4) is 5.75 Å². The fraction of sp³-hybridized carbons (Fsp3) is 0.455. The molecule has 0 heterocycles. The number of halogens is 1. The van der Waals surface area contributed by atoms with Crippen LogP contribution < -0.4 is 10.5 Å². The summed E-state index contributed by atoms with van der Waals surface area (Å²) < 4.78 is 6.10. The second-order valence-electron chi connectivity index (χ2n) is 3.62. The standard InChI is InChI=1S/C11H16BrNO2/c1-6-4-5-8(12)9(11(6)15-3)10(14)7(2)13/h4-5,7,10,14H,13H2,1-3H3. The molecular weight excluding hydrogens is 258 g/mol. The number of hydrogen-bond donors (Lipinski definition) is 2. The largest absolute Gasteiger partial charge is 0.496 e. The summed E-state index contributed by atoms with van der Waals surface area (Å²) in [6.07, 6.45) is -0.728. The molecule has 1 rings (SSSR count). The van der Waals surface area contributed by atoms with Crippen LogP contribution in [0.25, 0.3) is 0 Å². The van der Waals surface area contributed by atoms with Gasteiger partial charge in [-0.05, 0) is 25.5 Å². The van der Waals surface area contributed by atoms with E-state index in [1.807, 2.05) is 19.1 Å². The normalized spacial score (nSPS) is 14.8. The maximum Gasteiger partial charge on any atom is 0.128 e. The Hall–Kier alpha value is -0.580. The minimum Gasteiger partial charge on any atom is -0.496 e. The smallest absolute Gasteiger partial charge is 0.128 e. The molecule has 0 aliphatic rings. The second kappa shape index (κ2) is 4.96. The molecule has 0 amide bonds. The summed E-state index contributed by atoms with van der Waals surface area (Å²) in [5.74, 6) is 0.689. The number of nitrogens with two attached hydrogens (primary N) is 1. The van der Waals surface area contributed by atoms with Crippen molar-refractivity contribution >= 4 is 15.9 Å². The molecule has 0 radical (unpaired) electrons. The molecule has 0 aliphatic carbocycles. The molecule has 15 heavy (non-hydrogen) atoms. The van der Waals surface area contributed by atoms with Crippen LogP contribution in [0.15, 0.2) is 16.6 Å². The van der Waals surface area contributed by atoms with Crippen LogP contribution >= 0.6 is 15.9 Å². The number of rotatable bonds is 3. The van der Waals surface area contributed by atoms with Gasteiger partial charge in [0.05, 0.1) is 13.2 Å². The van der Waals surface area contributed by atoms with E-state index in [9.17, 15) is 5.11 Å². The first-order chi connectivity index (χ1) is 6.99. The SMILES string of the molecule is COc1c(C)ccc(Br)c1C(O)C(C)N. The van der Waals surface area contributed by atoms with Gasteiger partial charge >= 0.3 is 0 Å². The Morgan fingerprint density at radius 3 is 2.53 bits per heavy atom. The Labute approximate surface area is 98.4 Å². The predicted octanol–water partition coefficient (Wildman–Crippen LogP) is 2.15. The van der Waals surface area contributed by atoms with Gasteiger partial charge in [-0.3, -0.25) is 0 Å². The predicted molar refractivity (Wildman–Crippen MR) is 64.0 cm³/mol. The number of ether oxygens (including phenoxy) is 1. The van der Waals surface area contributed by atoms with Crippen molar-refractivity contribution in [1.82, 2.24) is 0 Å². The highest BCUT2D eigenvalue weighted by Gasteiger charge is 2.21. The van der Waals surface area contributed by atoms with E-state index < -0.39 is 6.10 Å². The summed E-state index contributed by atoms with van der Waals surface area (Å²) in [5, 5.41) is 9.98. The maximum atomic E-state index is 9.98. The molecule has 0 spiro atoms. The van der Waals surface area contributed by atoms with Crippen molar-refractivity contribution in [2.45, 2.75) is 26.0 Å². The van der Waals surface area contributed by atoms with Gasteiger partial charge in [0.1, 0.15) is 5.75 Å². The van der Waals surface area contributed by atoms with Crippen LogP contribution in [0.5, 0.6) is 5.75 Å². The first-order valence-corrected chi connectivity index (χ1v) is 5.55. The third kappa shape index (κ3) is 2.51. The van der Waals surface area contributed by atoms with Crippen molar-refractivity contribution in [1.29, 1.82) is 0 Å². The fourth-order valence-corrected chi connectivity index (χ4v) is 2.04. The highest BCUT2D eigenvalue weighted by atomic mass is 79.9. The van der Waals surface area contributed by atoms with Crippen molar-refractivity contribution < 1.29 is 9.84 Å². The van der Waals surface area contributed by atoms with Crippen molar-refractivity contribution in [3.05, 3.63) is 27.7 Å². The molecule has 0 bridgehead atoms. The molecule has 1 aromatic carbocycles. The minimum absolute atomic E-state index is 0.336. The molecule has 0 saturated heterocycles. The van der Waals surface area contributed by atoms with Gasteiger partial charge in [-0.15, -0.1) is 0 Å². The molecule has 0 aliphatic heterocycles. The summed E-state index contributed by atoms with van der Waals surface area (Å²) in [7, 11) is 1.59. The fourth-order valence-electron chi connectivity index (χ4n) is 1.49. The Kier molecular flexibility index (Phi) is 4.13.